The van der Waals surface area contributed by atoms with Gasteiger partial charge in [0.05, 0.1) is 29.0 Å². The molecule has 1 aliphatic carbocycles. The second-order valence-electron chi connectivity index (χ2n) is 10.0. The summed E-state index contributed by atoms with van der Waals surface area (Å²) in [5, 5.41) is 12.1. The molecule has 3 aliphatic rings. The number of nitrogens with zero attached hydrogens (tertiary/aromatic N) is 3. The molecule has 4 heterocycles. The van der Waals surface area contributed by atoms with Crippen LogP contribution in [0.4, 0.5) is 4.39 Å². The maximum Gasteiger partial charge on any atom is 0.343 e. The molecule has 192 valence electrons. The van der Waals surface area contributed by atoms with E-state index >= 15 is 0 Å². The Hall–Kier alpha value is -3.04. The molecule has 0 radical (unpaired) electrons. The van der Waals surface area contributed by atoms with Crippen LogP contribution in [0, 0.1) is 12.7 Å². The Morgan fingerprint density at radius 2 is 2.14 bits per heavy atom. The number of carbonyl (C=O) groups excluding carboxylic acids is 1. The highest BCUT2D eigenvalue weighted by molar-refractivity contribution is 7.98. The quantitative estimate of drug-likeness (QED) is 0.243. The third-order valence-electron chi connectivity index (χ3n) is 8.13. The molecule has 0 saturated carbocycles. The first-order chi connectivity index (χ1) is 17.8. The molecule has 2 aromatic heterocycles. The van der Waals surface area contributed by atoms with Crippen LogP contribution in [0.3, 0.4) is 0 Å². The first kappa shape index (κ1) is 24.3. The van der Waals surface area contributed by atoms with Gasteiger partial charge in [-0.15, -0.1) is 0 Å². The molecule has 2 atom stereocenters. The summed E-state index contributed by atoms with van der Waals surface area (Å²) in [7, 11) is 0. The Balaban J connectivity index is 1.62. The molecular weight excluding hydrogens is 493 g/mol. The number of hydrogen-bond acceptors (Lipinski definition) is 7. The van der Waals surface area contributed by atoms with E-state index in [1.807, 2.05) is 13.1 Å². The van der Waals surface area contributed by atoms with Gasteiger partial charge in [0.1, 0.15) is 12.4 Å². The number of aromatic nitrogens is 2. The Morgan fingerprint density at radius 1 is 1.32 bits per heavy atom. The first-order valence-electron chi connectivity index (χ1n) is 12.6. The largest absolute Gasteiger partial charge is 0.458 e. The van der Waals surface area contributed by atoms with Gasteiger partial charge in [-0.2, -0.15) is 11.8 Å². The van der Waals surface area contributed by atoms with Crippen molar-refractivity contribution in [1.82, 2.24) is 9.55 Å². The van der Waals surface area contributed by atoms with Crippen molar-refractivity contribution in [2.75, 3.05) is 18.6 Å². The summed E-state index contributed by atoms with van der Waals surface area (Å²) in [6, 6.07) is 3.18. The second kappa shape index (κ2) is 8.77. The molecule has 7 nitrogen and oxygen atoms in total. The van der Waals surface area contributed by atoms with Gasteiger partial charge in [-0.3, -0.25) is 9.79 Å². The van der Waals surface area contributed by atoms with E-state index in [2.05, 4.69) is 11.2 Å². The van der Waals surface area contributed by atoms with Crippen molar-refractivity contribution in [3.05, 3.63) is 61.7 Å². The number of pyridine rings is 2. The number of fused-ring (bicyclic) bond motifs is 5. The summed E-state index contributed by atoms with van der Waals surface area (Å²) in [6.45, 7) is 4.36. The highest BCUT2D eigenvalue weighted by atomic mass is 32.2. The molecule has 0 bridgehead atoms. The van der Waals surface area contributed by atoms with Crippen LogP contribution < -0.4 is 5.56 Å². The normalized spacial score (nSPS) is 21.8. The lowest BCUT2D eigenvalue weighted by Crippen LogP contribution is -2.44. The summed E-state index contributed by atoms with van der Waals surface area (Å²) in [5.74, 6) is -0.0931. The average Bonchev–Trinajstić information content (AvgIpc) is 3.26. The van der Waals surface area contributed by atoms with Gasteiger partial charge in [-0.25, -0.2) is 14.2 Å². The van der Waals surface area contributed by atoms with Crippen LogP contribution in [-0.4, -0.2) is 45.4 Å². The van der Waals surface area contributed by atoms with Gasteiger partial charge in [-0.05, 0) is 55.2 Å². The van der Waals surface area contributed by atoms with E-state index in [0.717, 1.165) is 47.2 Å². The van der Waals surface area contributed by atoms with Crippen molar-refractivity contribution < 1.29 is 19.0 Å². The van der Waals surface area contributed by atoms with E-state index in [0.29, 0.717) is 29.0 Å². The fourth-order valence-corrected chi connectivity index (χ4v) is 6.37. The van der Waals surface area contributed by atoms with Crippen molar-refractivity contribution in [3.63, 3.8) is 0 Å². The topological polar surface area (TPSA) is 93.8 Å². The number of rotatable bonds is 5. The number of thioether (sulfide) groups is 1. The van der Waals surface area contributed by atoms with E-state index < -0.39 is 11.6 Å². The van der Waals surface area contributed by atoms with Gasteiger partial charge in [0.25, 0.3) is 5.56 Å². The molecule has 3 aromatic rings. The predicted molar refractivity (Wildman–Crippen MR) is 142 cm³/mol. The molecule has 37 heavy (non-hydrogen) atoms. The van der Waals surface area contributed by atoms with Crippen LogP contribution in [0.25, 0.3) is 22.3 Å². The van der Waals surface area contributed by atoms with E-state index in [-0.39, 0.29) is 41.4 Å². The summed E-state index contributed by atoms with van der Waals surface area (Å²) in [4.78, 5) is 35.7. The maximum absolute atomic E-state index is 15.0. The number of cyclic esters (lactones) is 1. The van der Waals surface area contributed by atoms with Gasteiger partial charge in [0.15, 0.2) is 5.60 Å². The number of aryl methyl sites for hydroxylation is 1. The first-order valence-corrected chi connectivity index (χ1v) is 14.0. The van der Waals surface area contributed by atoms with Crippen molar-refractivity contribution in [2.45, 2.75) is 57.8 Å². The molecule has 0 saturated heterocycles. The van der Waals surface area contributed by atoms with E-state index in [1.54, 1.807) is 29.3 Å². The fraction of sp³-hybridized carbons (Fsp3) is 0.429. The van der Waals surface area contributed by atoms with Crippen molar-refractivity contribution >= 4 is 34.8 Å². The van der Waals surface area contributed by atoms with Crippen molar-refractivity contribution in [1.29, 1.82) is 0 Å². The van der Waals surface area contributed by atoms with Crippen LogP contribution in [-0.2, 0) is 34.7 Å². The lowest BCUT2D eigenvalue weighted by atomic mass is 9.78. The van der Waals surface area contributed by atoms with Crippen LogP contribution in [0.2, 0.25) is 0 Å². The third kappa shape index (κ3) is 3.43. The number of benzene rings is 1. The molecule has 1 unspecified atom stereocenters. The minimum atomic E-state index is -1.89. The standard InChI is InChI=1S/C28H28FN3O4S/c1-4-28(35)19-9-22-25-17(12-32(22)26(33)18(19)13-36-27(28)34)23-15(11-30-7-8-37-3)5-6-16-14(2)20(29)10-21(31-25)24(16)23/h9-11,15,35H,4-8,12-13H2,1-3H3/b30-11-/t15?,28-/m0/s1. The number of esters is 1. The van der Waals surface area contributed by atoms with Gasteiger partial charge in [-0.1, -0.05) is 6.92 Å². The molecular formula is C28H28FN3O4S. The second-order valence-corrected chi connectivity index (χ2v) is 11.0. The molecule has 0 amide bonds. The van der Waals surface area contributed by atoms with Crippen molar-refractivity contribution in [2.24, 2.45) is 4.99 Å². The number of halogens is 1. The SMILES string of the molecule is CC[C@@]1(O)C(=O)OCc2c1cc1n(c2=O)Cc2c-1nc1cc(F)c(C)c3c1c2C(/C=N\CCSC)CC3. The van der Waals surface area contributed by atoms with Gasteiger partial charge in [0.2, 0.25) is 0 Å². The number of carbonyl (C=O) groups is 1. The molecule has 2 aliphatic heterocycles. The maximum atomic E-state index is 15.0. The zero-order valence-corrected chi connectivity index (χ0v) is 21.9. The van der Waals surface area contributed by atoms with Gasteiger partial charge in [0, 0.05) is 47.0 Å². The van der Waals surface area contributed by atoms with E-state index in [4.69, 9.17) is 9.72 Å². The number of aliphatic hydroxyl groups is 1. The lowest BCUT2D eigenvalue weighted by molar-refractivity contribution is -0.172. The predicted octanol–water partition coefficient (Wildman–Crippen LogP) is 3.99. The van der Waals surface area contributed by atoms with Crippen LogP contribution in [0.1, 0.15) is 59.1 Å². The Kier molecular flexibility index (Phi) is 5.76. The molecule has 0 fully saturated rings. The molecule has 6 rings (SSSR count). The van der Waals surface area contributed by atoms with Crippen LogP contribution >= 0.6 is 11.8 Å². The summed E-state index contributed by atoms with van der Waals surface area (Å²) in [5.41, 5.74) is 3.64. The van der Waals surface area contributed by atoms with E-state index in [9.17, 15) is 19.1 Å². The lowest BCUT2D eigenvalue weighted by Gasteiger charge is -2.31. The molecule has 9 heteroatoms. The third-order valence-corrected chi connectivity index (χ3v) is 8.72. The Morgan fingerprint density at radius 3 is 2.89 bits per heavy atom. The highest BCUT2D eigenvalue weighted by Gasteiger charge is 2.45. The minimum Gasteiger partial charge on any atom is -0.458 e. The number of ether oxygens (including phenoxy) is 1. The smallest absolute Gasteiger partial charge is 0.343 e. The summed E-state index contributed by atoms with van der Waals surface area (Å²) >= 11 is 1.74. The minimum absolute atomic E-state index is 0.0237. The average molecular weight is 522 g/mol. The number of aliphatic imine (C=N–C) groups is 1. The summed E-state index contributed by atoms with van der Waals surface area (Å²) in [6.07, 6.45) is 5.66. The van der Waals surface area contributed by atoms with Crippen LogP contribution in [0.5, 0.6) is 0 Å². The highest BCUT2D eigenvalue weighted by Crippen LogP contribution is 2.46. The van der Waals surface area contributed by atoms with Crippen LogP contribution in [0.15, 0.2) is 21.9 Å². The molecule has 1 N–H and O–H groups in total. The Bertz CT molecular complexity index is 1580. The van der Waals surface area contributed by atoms with E-state index in [1.165, 1.54) is 6.07 Å². The molecule has 0 spiro atoms. The molecule has 1 aromatic carbocycles. The number of hydrogen-bond donors (Lipinski definition) is 1. The fourth-order valence-electron chi connectivity index (χ4n) is 6.09. The zero-order chi connectivity index (χ0) is 26.1. The monoisotopic (exact) mass is 521 g/mol. The van der Waals surface area contributed by atoms with Gasteiger partial charge < -0.3 is 14.4 Å². The van der Waals surface area contributed by atoms with Crippen molar-refractivity contribution in [3.8, 4) is 11.4 Å². The zero-order valence-electron chi connectivity index (χ0n) is 21.1. The van der Waals surface area contributed by atoms with Gasteiger partial charge >= 0.3 is 5.97 Å². The summed E-state index contributed by atoms with van der Waals surface area (Å²) < 4.78 is 21.8. The Labute approximate surface area is 217 Å².